The summed E-state index contributed by atoms with van der Waals surface area (Å²) < 4.78 is 0. The van der Waals surface area contributed by atoms with Gasteiger partial charge in [0.2, 0.25) is 0 Å². The topological polar surface area (TPSA) is 47.2 Å². The third-order valence-corrected chi connectivity index (χ3v) is 6.44. The molecule has 3 aliphatic rings. The van der Waals surface area contributed by atoms with E-state index in [0.29, 0.717) is 6.04 Å². The molecule has 0 spiro atoms. The number of H-pyrrole nitrogens is 1. The lowest BCUT2D eigenvalue weighted by molar-refractivity contribution is 0.0660. The van der Waals surface area contributed by atoms with Crippen LogP contribution in [-0.4, -0.2) is 58.5 Å². The van der Waals surface area contributed by atoms with Crippen LogP contribution in [0.1, 0.15) is 43.1 Å². The number of nitrogens with one attached hydrogen (secondary N) is 2. The van der Waals surface area contributed by atoms with Crippen molar-refractivity contribution in [3.05, 3.63) is 41.7 Å². The third kappa shape index (κ3) is 3.08. The molecule has 0 amide bonds. The van der Waals surface area contributed by atoms with Gasteiger partial charge in [-0.15, -0.1) is 0 Å². The van der Waals surface area contributed by atoms with Gasteiger partial charge in [-0.05, 0) is 12.8 Å². The maximum absolute atomic E-state index is 5.02. The molecule has 2 aliphatic heterocycles. The zero-order chi connectivity index (χ0) is 17.3. The van der Waals surface area contributed by atoms with Gasteiger partial charge in [-0.2, -0.15) is 0 Å². The van der Waals surface area contributed by atoms with Crippen molar-refractivity contribution < 1.29 is 0 Å². The minimum atomic E-state index is 0.401. The van der Waals surface area contributed by atoms with Crippen molar-refractivity contribution in [1.29, 1.82) is 0 Å². The molecule has 1 saturated carbocycles. The molecule has 3 heterocycles. The van der Waals surface area contributed by atoms with Gasteiger partial charge in [0, 0.05) is 50.9 Å². The lowest BCUT2D eigenvalue weighted by Crippen LogP contribution is -2.52. The Bertz CT molecular complexity index is 726. The average molecular weight is 351 g/mol. The van der Waals surface area contributed by atoms with Crippen molar-refractivity contribution >= 4 is 0 Å². The molecular formula is C21H29N5. The molecule has 2 fully saturated rings. The van der Waals surface area contributed by atoms with E-state index in [2.05, 4.69) is 50.4 Å². The Kier molecular flexibility index (Phi) is 4.53. The molecule has 5 rings (SSSR count). The molecule has 2 aromatic rings. The molecule has 0 bridgehead atoms. The highest BCUT2D eigenvalue weighted by atomic mass is 15.3. The molecule has 26 heavy (non-hydrogen) atoms. The Labute approximate surface area is 155 Å². The van der Waals surface area contributed by atoms with E-state index in [1.807, 2.05) is 0 Å². The lowest BCUT2D eigenvalue weighted by Gasteiger charge is -2.42. The lowest BCUT2D eigenvalue weighted by atomic mass is 10.0. The van der Waals surface area contributed by atoms with E-state index in [1.54, 1.807) is 0 Å². The van der Waals surface area contributed by atoms with E-state index >= 15 is 0 Å². The van der Waals surface area contributed by atoms with Crippen LogP contribution < -0.4 is 5.32 Å². The molecule has 138 valence electrons. The number of aromatic amines is 1. The first-order chi connectivity index (χ1) is 12.9. The Balaban J connectivity index is 1.32. The van der Waals surface area contributed by atoms with Crippen LogP contribution in [0.25, 0.3) is 11.4 Å². The number of rotatable bonds is 3. The minimum absolute atomic E-state index is 0.401. The van der Waals surface area contributed by atoms with E-state index in [-0.39, 0.29) is 0 Å². The molecule has 5 nitrogen and oxygen atoms in total. The van der Waals surface area contributed by atoms with E-state index in [0.717, 1.165) is 38.0 Å². The van der Waals surface area contributed by atoms with Gasteiger partial charge in [0.25, 0.3) is 0 Å². The fraction of sp³-hybridized carbons (Fsp3) is 0.571. The highest BCUT2D eigenvalue weighted by molar-refractivity contribution is 5.56. The normalized spacial score (nSPS) is 25.5. The van der Waals surface area contributed by atoms with E-state index in [4.69, 9.17) is 4.98 Å². The summed E-state index contributed by atoms with van der Waals surface area (Å²) in [5, 5.41) is 3.59. The zero-order valence-corrected chi connectivity index (χ0v) is 15.5. The number of piperazine rings is 1. The highest BCUT2D eigenvalue weighted by Gasteiger charge is 2.33. The monoisotopic (exact) mass is 351 g/mol. The zero-order valence-electron chi connectivity index (χ0n) is 15.5. The van der Waals surface area contributed by atoms with Crippen LogP contribution in [0.15, 0.2) is 30.3 Å². The van der Waals surface area contributed by atoms with Gasteiger partial charge in [0.05, 0.1) is 17.4 Å². The summed E-state index contributed by atoms with van der Waals surface area (Å²) in [7, 11) is 0. The number of nitrogens with zero attached hydrogens (tertiary/aromatic N) is 3. The van der Waals surface area contributed by atoms with Crippen molar-refractivity contribution in [1.82, 2.24) is 25.1 Å². The fourth-order valence-electron chi connectivity index (χ4n) is 4.98. The second-order valence-corrected chi connectivity index (χ2v) is 7.97. The second kappa shape index (κ2) is 7.14. The summed E-state index contributed by atoms with van der Waals surface area (Å²) >= 11 is 0. The number of benzene rings is 1. The first kappa shape index (κ1) is 16.5. The van der Waals surface area contributed by atoms with Gasteiger partial charge in [-0.25, -0.2) is 4.98 Å². The molecule has 1 aromatic heterocycles. The maximum Gasteiger partial charge on any atom is 0.137 e. The minimum Gasteiger partial charge on any atom is -0.340 e. The summed E-state index contributed by atoms with van der Waals surface area (Å²) in [4.78, 5) is 14.0. The van der Waals surface area contributed by atoms with Crippen molar-refractivity contribution in [3.63, 3.8) is 0 Å². The average Bonchev–Trinajstić information content (AvgIpc) is 3.38. The Morgan fingerprint density at radius 2 is 1.65 bits per heavy atom. The number of hydrogen-bond donors (Lipinski definition) is 2. The van der Waals surface area contributed by atoms with Crippen LogP contribution in [0.2, 0.25) is 0 Å². The van der Waals surface area contributed by atoms with E-state index in [1.165, 1.54) is 55.7 Å². The fourth-order valence-corrected chi connectivity index (χ4v) is 4.98. The van der Waals surface area contributed by atoms with Crippen molar-refractivity contribution in [2.45, 2.75) is 44.3 Å². The van der Waals surface area contributed by atoms with Gasteiger partial charge < -0.3 is 10.3 Å². The highest BCUT2D eigenvalue weighted by Crippen LogP contribution is 2.31. The van der Waals surface area contributed by atoms with E-state index in [9.17, 15) is 0 Å². The number of fused-ring (bicyclic) bond motifs is 1. The van der Waals surface area contributed by atoms with Crippen LogP contribution in [-0.2, 0) is 6.54 Å². The van der Waals surface area contributed by atoms with Gasteiger partial charge in [-0.1, -0.05) is 43.2 Å². The Morgan fingerprint density at radius 3 is 2.42 bits per heavy atom. The molecule has 2 N–H and O–H groups in total. The van der Waals surface area contributed by atoms with Crippen molar-refractivity contribution in [2.75, 3.05) is 32.7 Å². The predicted octanol–water partition coefficient (Wildman–Crippen LogP) is 2.78. The summed E-state index contributed by atoms with van der Waals surface area (Å²) in [6.45, 7) is 6.66. The first-order valence-electron chi connectivity index (χ1n) is 10.2. The van der Waals surface area contributed by atoms with Crippen molar-refractivity contribution in [2.24, 2.45) is 0 Å². The number of hydrogen-bond acceptors (Lipinski definition) is 4. The summed E-state index contributed by atoms with van der Waals surface area (Å²) in [5.74, 6) is 1.01. The Morgan fingerprint density at radius 1 is 0.923 bits per heavy atom. The Hall–Kier alpha value is -1.69. The summed E-state index contributed by atoms with van der Waals surface area (Å²) in [6.07, 6.45) is 5.68. The van der Waals surface area contributed by atoms with Crippen molar-refractivity contribution in [3.8, 4) is 11.4 Å². The number of imidazole rings is 1. The standard InChI is InChI=1S/C21H29N5/c1-2-6-16(7-3-1)21-23-18-14-22-15-19(20(18)24-21)26-12-10-25(11-13-26)17-8-4-5-9-17/h1-3,6-7,17,19,22H,4-5,8-15H2,(H,23,24). The molecule has 1 aromatic carbocycles. The van der Waals surface area contributed by atoms with Gasteiger partial charge >= 0.3 is 0 Å². The smallest absolute Gasteiger partial charge is 0.137 e. The van der Waals surface area contributed by atoms with E-state index < -0.39 is 0 Å². The molecule has 1 saturated heterocycles. The van der Waals surface area contributed by atoms with Gasteiger partial charge in [0.15, 0.2) is 0 Å². The van der Waals surface area contributed by atoms with Crippen LogP contribution in [0.3, 0.4) is 0 Å². The SMILES string of the molecule is c1ccc(-c2nc3c([nH]2)CNCC3N2CCN(C3CCCC3)CC2)cc1. The molecule has 1 atom stereocenters. The second-order valence-electron chi connectivity index (χ2n) is 7.97. The van der Waals surface area contributed by atoms with Crippen LogP contribution >= 0.6 is 0 Å². The first-order valence-corrected chi connectivity index (χ1v) is 10.2. The molecule has 1 unspecified atom stereocenters. The van der Waals surface area contributed by atoms with Crippen LogP contribution in [0.4, 0.5) is 0 Å². The summed E-state index contributed by atoms with van der Waals surface area (Å²) in [5.41, 5.74) is 3.70. The third-order valence-electron chi connectivity index (χ3n) is 6.44. The van der Waals surface area contributed by atoms with Gasteiger partial charge in [-0.3, -0.25) is 9.80 Å². The van der Waals surface area contributed by atoms with Crippen LogP contribution in [0, 0.1) is 0 Å². The molecule has 1 aliphatic carbocycles. The number of aromatic nitrogens is 2. The van der Waals surface area contributed by atoms with Crippen LogP contribution in [0.5, 0.6) is 0 Å². The summed E-state index contributed by atoms with van der Waals surface area (Å²) in [6, 6.07) is 11.7. The predicted molar refractivity (Wildman–Crippen MR) is 104 cm³/mol. The largest absolute Gasteiger partial charge is 0.340 e. The molecule has 5 heteroatoms. The maximum atomic E-state index is 5.02. The molecular weight excluding hydrogens is 322 g/mol. The quantitative estimate of drug-likeness (QED) is 0.893. The molecule has 0 radical (unpaired) electrons. The van der Waals surface area contributed by atoms with Gasteiger partial charge in [0.1, 0.15) is 5.82 Å².